The summed E-state index contributed by atoms with van der Waals surface area (Å²) in [5, 5.41) is 3.62. The second-order valence-corrected chi connectivity index (χ2v) is 4.43. The van der Waals surface area contributed by atoms with Crippen molar-refractivity contribution < 1.29 is 22.7 Å². The van der Waals surface area contributed by atoms with Crippen LogP contribution in [0.5, 0.6) is 5.75 Å². The SMILES string of the molecule is NC(=O)NN=Cc1ccc(-c2ccc(OC(F)(F)F)cc2)cc1. The fraction of sp³-hybridized carbons (Fsp3) is 0.0667. The van der Waals surface area contributed by atoms with Crippen LogP contribution in [0.1, 0.15) is 5.56 Å². The number of alkyl halides is 3. The van der Waals surface area contributed by atoms with Gasteiger partial charge in [0.25, 0.3) is 0 Å². The van der Waals surface area contributed by atoms with E-state index in [9.17, 15) is 18.0 Å². The second-order valence-electron chi connectivity index (χ2n) is 4.43. The summed E-state index contributed by atoms with van der Waals surface area (Å²) >= 11 is 0. The van der Waals surface area contributed by atoms with E-state index in [0.29, 0.717) is 0 Å². The molecule has 0 aromatic heterocycles. The number of nitrogens with two attached hydrogens (primary N) is 1. The first-order valence-corrected chi connectivity index (χ1v) is 6.38. The van der Waals surface area contributed by atoms with Crippen LogP contribution in [0, 0.1) is 0 Å². The molecule has 23 heavy (non-hydrogen) atoms. The van der Waals surface area contributed by atoms with Crippen molar-refractivity contribution in [2.75, 3.05) is 0 Å². The van der Waals surface area contributed by atoms with Crippen LogP contribution in [0.2, 0.25) is 0 Å². The van der Waals surface area contributed by atoms with Crippen molar-refractivity contribution in [1.29, 1.82) is 0 Å². The molecule has 2 aromatic rings. The van der Waals surface area contributed by atoms with Gasteiger partial charge < -0.3 is 10.5 Å². The van der Waals surface area contributed by atoms with E-state index in [0.717, 1.165) is 16.7 Å². The van der Waals surface area contributed by atoms with Crippen molar-refractivity contribution in [3.63, 3.8) is 0 Å². The molecule has 0 fully saturated rings. The molecule has 0 unspecified atom stereocenters. The fourth-order valence-electron chi connectivity index (χ4n) is 1.78. The molecule has 0 spiro atoms. The maximum Gasteiger partial charge on any atom is 0.573 e. The molecule has 2 amide bonds. The number of ether oxygens (including phenoxy) is 1. The number of urea groups is 1. The Balaban J connectivity index is 2.07. The summed E-state index contributed by atoms with van der Waals surface area (Å²) in [5.74, 6) is -0.275. The zero-order chi connectivity index (χ0) is 16.9. The first-order chi connectivity index (χ1) is 10.8. The number of rotatable bonds is 4. The lowest BCUT2D eigenvalue weighted by Crippen LogP contribution is -2.24. The Bertz CT molecular complexity index is 695. The number of carbonyl (C=O) groups excluding carboxylic acids is 1. The zero-order valence-electron chi connectivity index (χ0n) is 11.7. The quantitative estimate of drug-likeness (QED) is 0.669. The van der Waals surface area contributed by atoms with Gasteiger partial charge in [-0.2, -0.15) is 5.10 Å². The molecule has 3 N–H and O–H groups in total. The smallest absolute Gasteiger partial charge is 0.406 e. The monoisotopic (exact) mass is 323 g/mol. The minimum atomic E-state index is -4.71. The summed E-state index contributed by atoms with van der Waals surface area (Å²) in [4.78, 5) is 10.5. The summed E-state index contributed by atoms with van der Waals surface area (Å²) in [7, 11) is 0. The van der Waals surface area contributed by atoms with Gasteiger partial charge in [0.2, 0.25) is 0 Å². The standard InChI is InChI=1S/C15H12F3N3O2/c16-15(17,18)23-13-7-5-12(6-8-13)11-3-1-10(2-4-11)9-20-21-14(19)22/h1-9H,(H3,19,21,22). The third kappa shape index (κ3) is 5.34. The Morgan fingerprint density at radius 1 is 1.04 bits per heavy atom. The Labute approximate surface area is 129 Å². The van der Waals surface area contributed by atoms with Crippen LogP contribution in [-0.4, -0.2) is 18.6 Å². The number of carbonyl (C=O) groups is 1. The van der Waals surface area contributed by atoms with Crippen LogP contribution >= 0.6 is 0 Å². The maximum atomic E-state index is 12.1. The molecule has 0 saturated carbocycles. The van der Waals surface area contributed by atoms with Crippen molar-refractivity contribution >= 4 is 12.2 Å². The van der Waals surface area contributed by atoms with Crippen LogP contribution in [0.3, 0.4) is 0 Å². The number of benzene rings is 2. The lowest BCUT2D eigenvalue weighted by atomic mass is 10.0. The molecule has 0 aliphatic heterocycles. The van der Waals surface area contributed by atoms with Crippen molar-refractivity contribution in [2.24, 2.45) is 10.8 Å². The first-order valence-electron chi connectivity index (χ1n) is 6.38. The molecule has 8 heteroatoms. The number of nitrogens with one attached hydrogen (secondary N) is 1. The predicted molar refractivity (Wildman–Crippen MR) is 78.9 cm³/mol. The van der Waals surface area contributed by atoms with Gasteiger partial charge in [0.05, 0.1) is 6.21 Å². The molecule has 0 atom stereocenters. The minimum absolute atomic E-state index is 0.275. The molecule has 5 nitrogen and oxygen atoms in total. The van der Waals surface area contributed by atoms with Gasteiger partial charge >= 0.3 is 12.4 Å². The number of halogens is 3. The van der Waals surface area contributed by atoms with Crippen LogP contribution in [0.15, 0.2) is 53.6 Å². The highest BCUT2D eigenvalue weighted by Gasteiger charge is 2.30. The molecule has 0 aliphatic carbocycles. The normalized spacial score (nSPS) is 11.4. The van der Waals surface area contributed by atoms with Crippen molar-refractivity contribution in [3.05, 3.63) is 54.1 Å². The molecule has 2 aromatic carbocycles. The van der Waals surface area contributed by atoms with E-state index in [-0.39, 0.29) is 5.75 Å². The predicted octanol–water partition coefficient (Wildman–Crippen LogP) is 3.25. The third-order valence-corrected chi connectivity index (χ3v) is 2.72. The third-order valence-electron chi connectivity index (χ3n) is 2.72. The summed E-state index contributed by atoms with van der Waals surface area (Å²) in [6.07, 6.45) is -3.30. The Morgan fingerprint density at radius 3 is 2.04 bits per heavy atom. The average molecular weight is 323 g/mol. The number of hydrogen-bond donors (Lipinski definition) is 2. The zero-order valence-corrected chi connectivity index (χ0v) is 11.7. The van der Waals surface area contributed by atoms with E-state index in [1.165, 1.54) is 30.5 Å². The minimum Gasteiger partial charge on any atom is -0.406 e. The van der Waals surface area contributed by atoms with Gasteiger partial charge in [0.1, 0.15) is 5.75 Å². The first kappa shape index (κ1) is 16.3. The number of primary amides is 1. The second kappa shape index (κ2) is 6.82. The Morgan fingerprint density at radius 2 is 1.57 bits per heavy atom. The lowest BCUT2D eigenvalue weighted by molar-refractivity contribution is -0.274. The molecule has 0 saturated heterocycles. The maximum absolute atomic E-state index is 12.1. The average Bonchev–Trinajstić information content (AvgIpc) is 2.47. The molecule has 0 radical (unpaired) electrons. The molecular weight excluding hydrogens is 311 g/mol. The molecule has 0 aliphatic rings. The van der Waals surface area contributed by atoms with Crippen LogP contribution in [0.4, 0.5) is 18.0 Å². The Hall–Kier alpha value is -3.03. The van der Waals surface area contributed by atoms with E-state index in [2.05, 4.69) is 15.3 Å². The molecular formula is C15H12F3N3O2. The number of hydrogen-bond acceptors (Lipinski definition) is 3. The molecule has 2 rings (SSSR count). The molecule has 120 valence electrons. The van der Waals surface area contributed by atoms with Crippen LogP contribution < -0.4 is 15.9 Å². The van der Waals surface area contributed by atoms with E-state index in [1.54, 1.807) is 24.3 Å². The van der Waals surface area contributed by atoms with Crippen molar-refractivity contribution in [1.82, 2.24) is 5.43 Å². The van der Waals surface area contributed by atoms with Crippen LogP contribution in [-0.2, 0) is 0 Å². The van der Waals surface area contributed by atoms with Gasteiger partial charge in [0.15, 0.2) is 0 Å². The molecule has 0 bridgehead atoms. The van der Waals surface area contributed by atoms with Gasteiger partial charge in [-0.3, -0.25) is 0 Å². The highest BCUT2D eigenvalue weighted by molar-refractivity contribution is 5.82. The largest absolute Gasteiger partial charge is 0.573 e. The highest BCUT2D eigenvalue weighted by Crippen LogP contribution is 2.26. The van der Waals surface area contributed by atoms with E-state index >= 15 is 0 Å². The summed E-state index contributed by atoms with van der Waals surface area (Å²) in [6, 6.07) is 11.8. The van der Waals surface area contributed by atoms with E-state index in [1.807, 2.05) is 0 Å². The topological polar surface area (TPSA) is 76.7 Å². The lowest BCUT2D eigenvalue weighted by Gasteiger charge is -2.09. The van der Waals surface area contributed by atoms with Crippen LogP contribution in [0.25, 0.3) is 11.1 Å². The summed E-state index contributed by atoms with van der Waals surface area (Å²) < 4.78 is 40.1. The fourth-order valence-corrected chi connectivity index (χ4v) is 1.78. The van der Waals surface area contributed by atoms with Gasteiger partial charge in [0, 0.05) is 0 Å². The molecule has 0 heterocycles. The van der Waals surface area contributed by atoms with Gasteiger partial charge in [-0.1, -0.05) is 36.4 Å². The van der Waals surface area contributed by atoms with Crippen molar-refractivity contribution in [3.8, 4) is 16.9 Å². The summed E-state index contributed by atoms with van der Waals surface area (Å²) in [5.41, 5.74) is 9.20. The Kier molecular flexibility index (Phi) is 4.85. The number of amides is 2. The van der Waals surface area contributed by atoms with E-state index < -0.39 is 12.4 Å². The van der Waals surface area contributed by atoms with Gasteiger partial charge in [-0.25, -0.2) is 10.2 Å². The van der Waals surface area contributed by atoms with Gasteiger partial charge in [-0.05, 0) is 28.8 Å². The highest BCUT2D eigenvalue weighted by atomic mass is 19.4. The summed E-state index contributed by atoms with van der Waals surface area (Å²) in [6.45, 7) is 0. The van der Waals surface area contributed by atoms with E-state index in [4.69, 9.17) is 5.73 Å². The number of nitrogens with zero attached hydrogens (tertiary/aromatic N) is 1. The van der Waals surface area contributed by atoms with Crippen molar-refractivity contribution in [2.45, 2.75) is 6.36 Å². The van der Waals surface area contributed by atoms with Gasteiger partial charge in [-0.15, -0.1) is 13.2 Å². The number of hydrazone groups is 1.